The number of aromatic hydroxyl groups is 1. The van der Waals surface area contributed by atoms with Crippen LogP contribution in [0.25, 0.3) is 0 Å². The third kappa shape index (κ3) is 3.05. The minimum Gasteiger partial charge on any atom is -0.507 e. The molecule has 0 saturated carbocycles. The molecule has 0 fully saturated rings. The van der Waals surface area contributed by atoms with Crippen LogP contribution in [0.3, 0.4) is 0 Å². The van der Waals surface area contributed by atoms with Gasteiger partial charge in [0.05, 0.1) is 16.3 Å². The molecule has 19 heavy (non-hydrogen) atoms. The van der Waals surface area contributed by atoms with E-state index in [9.17, 15) is 14.3 Å². The lowest BCUT2D eigenvalue weighted by molar-refractivity contribution is 0.102. The lowest BCUT2D eigenvalue weighted by Gasteiger charge is -2.09. The van der Waals surface area contributed by atoms with E-state index in [4.69, 9.17) is 11.6 Å². The summed E-state index contributed by atoms with van der Waals surface area (Å²) in [5.41, 5.74) is -0.0952. The molecule has 6 heteroatoms. The number of hydrogen-bond donors (Lipinski definition) is 2. The largest absolute Gasteiger partial charge is 0.507 e. The van der Waals surface area contributed by atoms with Gasteiger partial charge in [0, 0.05) is 4.47 Å². The predicted octanol–water partition coefficient (Wildman–Crippen LogP) is 4.20. The van der Waals surface area contributed by atoms with Gasteiger partial charge in [-0.2, -0.15) is 0 Å². The minimum absolute atomic E-state index is 0.0219. The molecule has 0 aliphatic carbocycles. The van der Waals surface area contributed by atoms with Gasteiger partial charge in [-0.15, -0.1) is 0 Å². The Labute approximate surface area is 122 Å². The predicted molar refractivity (Wildman–Crippen MR) is 75.2 cm³/mol. The Morgan fingerprint density at radius 3 is 2.74 bits per heavy atom. The average molecular weight is 345 g/mol. The quantitative estimate of drug-likeness (QED) is 0.858. The molecule has 0 radical (unpaired) electrons. The fourth-order valence-corrected chi connectivity index (χ4v) is 2.06. The van der Waals surface area contributed by atoms with E-state index in [2.05, 4.69) is 21.2 Å². The Morgan fingerprint density at radius 2 is 2.05 bits per heavy atom. The Hall–Kier alpha value is -1.59. The fourth-order valence-electron chi connectivity index (χ4n) is 1.49. The lowest BCUT2D eigenvalue weighted by Crippen LogP contribution is -2.13. The highest BCUT2D eigenvalue weighted by atomic mass is 79.9. The number of benzene rings is 2. The van der Waals surface area contributed by atoms with Crippen molar-refractivity contribution in [3.05, 3.63) is 57.3 Å². The number of halogens is 3. The molecule has 0 bridgehead atoms. The van der Waals surface area contributed by atoms with Crippen LogP contribution in [0.1, 0.15) is 10.4 Å². The summed E-state index contributed by atoms with van der Waals surface area (Å²) >= 11 is 8.99. The number of carbonyl (C=O) groups excluding carboxylic acids is 1. The van der Waals surface area contributed by atoms with Crippen molar-refractivity contribution in [2.24, 2.45) is 0 Å². The molecule has 0 heterocycles. The Bertz CT molecular complexity index is 628. The maximum absolute atomic E-state index is 13.5. The molecule has 0 unspecified atom stereocenters. The van der Waals surface area contributed by atoms with Gasteiger partial charge in [0.2, 0.25) is 0 Å². The highest BCUT2D eigenvalue weighted by Gasteiger charge is 2.15. The molecule has 1 amide bonds. The number of phenolic OH excluding ortho intramolecular Hbond substituents is 1. The van der Waals surface area contributed by atoms with Crippen LogP contribution < -0.4 is 5.32 Å². The molecule has 2 aromatic carbocycles. The molecule has 2 rings (SSSR count). The maximum atomic E-state index is 13.5. The van der Waals surface area contributed by atoms with E-state index in [-0.39, 0.29) is 22.0 Å². The third-order valence-electron chi connectivity index (χ3n) is 2.40. The van der Waals surface area contributed by atoms with E-state index in [1.165, 1.54) is 30.3 Å². The van der Waals surface area contributed by atoms with Crippen LogP contribution in [-0.2, 0) is 0 Å². The van der Waals surface area contributed by atoms with Crippen molar-refractivity contribution < 1.29 is 14.3 Å². The van der Waals surface area contributed by atoms with Crippen LogP contribution >= 0.6 is 27.5 Å². The van der Waals surface area contributed by atoms with Gasteiger partial charge in [0.25, 0.3) is 5.91 Å². The number of phenols is 1. The van der Waals surface area contributed by atoms with Crippen molar-refractivity contribution in [3.63, 3.8) is 0 Å². The molecule has 2 aromatic rings. The SMILES string of the molecule is O=C(Nc1c(F)cccc1Cl)c1cc(Br)ccc1O. The molecule has 0 spiro atoms. The molecule has 98 valence electrons. The first-order valence-corrected chi connectivity index (χ1v) is 6.40. The molecule has 0 aliphatic heterocycles. The second kappa shape index (κ2) is 5.59. The van der Waals surface area contributed by atoms with Crippen molar-refractivity contribution >= 4 is 39.1 Å². The van der Waals surface area contributed by atoms with Gasteiger partial charge in [-0.25, -0.2) is 4.39 Å². The summed E-state index contributed by atoms with van der Waals surface area (Å²) in [7, 11) is 0. The highest BCUT2D eigenvalue weighted by molar-refractivity contribution is 9.10. The topological polar surface area (TPSA) is 49.3 Å². The highest BCUT2D eigenvalue weighted by Crippen LogP contribution is 2.27. The summed E-state index contributed by atoms with van der Waals surface area (Å²) < 4.78 is 14.2. The van der Waals surface area contributed by atoms with E-state index < -0.39 is 11.7 Å². The van der Waals surface area contributed by atoms with Gasteiger partial charge in [-0.1, -0.05) is 33.6 Å². The van der Waals surface area contributed by atoms with Crippen LogP contribution in [-0.4, -0.2) is 11.0 Å². The molecule has 0 saturated heterocycles. The average Bonchev–Trinajstić information content (AvgIpc) is 2.37. The molecular weight excluding hydrogens is 337 g/mol. The first-order chi connectivity index (χ1) is 8.99. The van der Waals surface area contributed by atoms with Crippen LogP contribution in [0.2, 0.25) is 5.02 Å². The van der Waals surface area contributed by atoms with Gasteiger partial charge in [-0.05, 0) is 30.3 Å². The van der Waals surface area contributed by atoms with E-state index in [0.29, 0.717) is 4.47 Å². The summed E-state index contributed by atoms with van der Waals surface area (Å²) in [6.07, 6.45) is 0. The van der Waals surface area contributed by atoms with Crippen LogP contribution in [0.5, 0.6) is 5.75 Å². The maximum Gasteiger partial charge on any atom is 0.259 e. The lowest BCUT2D eigenvalue weighted by atomic mass is 10.2. The van der Waals surface area contributed by atoms with Gasteiger partial charge in [0.1, 0.15) is 11.6 Å². The molecule has 3 nitrogen and oxygen atoms in total. The van der Waals surface area contributed by atoms with E-state index in [0.717, 1.165) is 0 Å². The number of nitrogens with one attached hydrogen (secondary N) is 1. The van der Waals surface area contributed by atoms with Gasteiger partial charge >= 0.3 is 0 Å². The normalized spacial score (nSPS) is 10.3. The number of rotatable bonds is 2. The minimum atomic E-state index is -0.647. The van der Waals surface area contributed by atoms with Gasteiger partial charge in [0.15, 0.2) is 0 Å². The summed E-state index contributed by atoms with van der Waals surface area (Å²) in [6.45, 7) is 0. The Balaban J connectivity index is 2.34. The standard InChI is InChI=1S/C13H8BrClFNO2/c14-7-4-5-11(18)8(6-7)13(19)17-12-9(15)2-1-3-10(12)16/h1-6,18H,(H,17,19). The number of para-hydroxylation sites is 1. The zero-order valence-corrected chi connectivity index (χ0v) is 11.8. The number of carbonyl (C=O) groups is 1. The van der Waals surface area contributed by atoms with Crippen LogP contribution in [0.4, 0.5) is 10.1 Å². The second-order valence-corrected chi connectivity index (χ2v) is 5.04. The van der Waals surface area contributed by atoms with E-state index >= 15 is 0 Å². The molecular formula is C13H8BrClFNO2. The van der Waals surface area contributed by atoms with Crippen molar-refractivity contribution in [3.8, 4) is 5.75 Å². The second-order valence-electron chi connectivity index (χ2n) is 3.71. The third-order valence-corrected chi connectivity index (χ3v) is 3.21. The van der Waals surface area contributed by atoms with Crippen molar-refractivity contribution in [1.82, 2.24) is 0 Å². The zero-order valence-electron chi connectivity index (χ0n) is 9.45. The smallest absolute Gasteiger partial charge is 0.259 e. The summed E-state index contributed by atoms with van der Waals surface area (Å²) in [5, 5.41) is 12.0. The number of anilines is 1. The van der Waals surface area contributed by atoms with Crippen molar-refractivity contribution in [2.45, 2.75) is 0 Å². The van der Waals surface area contributed by atoms with Gasteiger partial charge < -0.3 is 10.4 Å². The molecule has 2 N–H and O–H groups in total. The molecule has 0 aromatic heterocycles. The monoisotopic (exact) mass is 343 g/mol. The fraction of sp³-hybridized carbons (Fsp3) is 0. The van der Waals surface area contributed by atoms with Crippen molar-refractivity contribution in [2.75, 3.05) is 5.32 Å². The Kier molecular flexibility index (Phi) is 4.07. The van der Waals surface area contributed by atoms with Crippen molar-refractivity contribution in [1.29, 1.82) is 0 Å². The van der Waals surface area contributed by atoms with Gasteiger partial charge in [-0.3, -0.25) is 4.79 Å². The van der Waals surface area contributed by atoms with Crippen LogP contribution in [0, 0.1) is 5.82 Å². The number of hydrogen-bond acceptors (Lipinski definition) is 2. The summed E-state index contributed by atoms with van der Waals surface area (Å²) in [5.74, 6) is -1.49. The van der Waals surface area contributed by atoms with E-state index in [1.807, 2.05) is 0 Å². The van der Waals surface area contributed by atoms with Crippen LogP contribution in [0.15, 0.2) is 40.9 Å². The summed E-state index contributed by atoms with van der Waals surface area (Å²) in [4.78, 5) is 12.0. The first-order valence-electron chi connectivity index (χ1n) is 5.23. The van der Waals surface area contributed by atoms with E-state index in [1.54, 1.807) is 6.07 Å². The number of amides is 1. The zero-order chi connectivity index (χ0) is 14.0. The Morgan fingerprint density at radius 1 is 1.32 bits per heavy atom. The molecule has 0 atom stereocenters. The summed E-state index contributed by atoms with van der Waals surface area (Å²) in [6, 6.07) is 8.46. The first kappa shape index (κ1) is 13.8. The molecule has 0 aliphatic rings.